The number of hydrogen-bond acceptors (Lipinski definition) is 3. The molecule has 3 N–H and O–H groups in total. The van der Waals surface area contributed by atoms with Gasteiger partial charge in [0.15, 0.2) is 0 Å². The molecule has 18 heavy (non-hydrogen) atoms. The van der Waals surface area contributed by atoms with Crippen LogP contribution in [0.25, 0.3) is 0 Å². The Morgan fingerprint density at radius 1 is 1.50 bits per heavy atom. The van der Waals surface area contributed by atoms with Crippen molar-refractivity contribution in [3.05, 3.63) is 0 Å². The molecule has 1 heterocycles. The summed E-state index contributed by atoms with van der Waals surface area (Å²) in [5.74, 6) is 5.78. The van der Waals surface area contributed by atoms with Gasteiger partial charge in [-0.3, -0.25) is 15.0 Å². The molecular weight excluding hydrogens is 230 g/mol. The minimum Gasteiger partial charge on any atom is -0.343 e. The van der Waals surface area contributed by atoms with Crippen LogP contribution >= 0.6 is 0 Å². The molecule has 1 fully saturated rings. The lowest BCUT2D eigenvalue weighted by Gasteiger charge is -2.20. The largest absolute Gasteiger partial charge is 0.343 e. The van der Waals surface area contributed by atoms with Crippen molar-refractivity contribution < 1.29 is 9.59 Å². The molecule has 0 aliphatic carbocycles. The van der Waals surface area contributed by atoms with E-state index in [0.717, 1.165) is 19.4 Å². The van der Waals surface area contributed by atoms with Crippen LogP contribution in [0.3, 0.4) is 0 Å². The van der Waals surface area contributed by atoms with Crippen LogP contribution in [0.1, 0.15) is 51.9 Å². The number of carbonyl (C=O) groups is 2. The van der Waals surface area contributed by atoms with E-state index in [1.54, 1.807) is 0 Å². The fourth-order valence-corrected chi connectivity index (χ4v) is 2.53. The summed E-state index contributed by atoms with van der Waals surface area (Å²) in [5, 5.41) is 0. The van der Waals surface area contributed by atoms with Crippen LogP contribution in [-0.2, 0) is 9.59 Å². The van der Waals surface area contributed by atoms with Gasteiger partial charge in [-0.15, -0.1) is 0 Å². The van der Waals surface area contributed by atoms with Gasteiger partial charge in [0.2, 0.25) is 11.8 Å². The van der Waals surface area contributed by atoms with E-state index < -0.39 is 0 Å². The van der Waals surface area contributed by atoms with Gasteiger partial charge in [-0.1, -0.05) is 19.8 Å². The lowest BCUT2D eigenvalue weighted by atomic mass is 9.96. The monoisotopic (exact) mass is 255 g/mol. The van der Waals surface area contributed by atoms with Gasteiger partial charge in [0, 0.05) is 25.9 Å². The first-order valence-electron chi connectivity index (χ1n) is 6.94. The number of nitrogens with one attached hydrogen (secondary N) is 1. The lowest BCUT2D eigenvalue weighted by Crippen LogP contribution is -2.33. The van der Waals surface area contributed by atoms with E-state index >= 15 is 0 Å². The van der Waals surface area contributed by atoms with Crippen LogP contribution < -0.4 is 11.3 Å². The minimum absolute atomic E-state index is 0.166. The molecule has 104 valence electrons. The molecule has 0 aromatic carbocycles. The Morgan fingerprint density at radius 2 is 2.28 bits per heavy atom. The van der Waals surface area contributed by atoms with Crippen molar-refractivity contribution in [1.82, 2.24) is 10.3 Å². The van der Waals surface area contributed by atoms with E-state index in [1.165, 1.54) is 12.8 Å². The van der Waals surface area contributed by atoms with Gasteiger partial charge in [0.25, 0.3) is 0 Å². The maximum atomic E-state index is 11.9. The van der Waals surface area contributed by atoms with E-state index in [2.05, 4.69) is 12.3 Å². The summed E-state index contributed by atoms with van der Waals surface area (Å²) in [5.41, 5.74) is 2.11. The minimum atomic E-state index is -0.166. The molecule has 5 heteroatoms. The Balaban J connectivity index is 2.31. The fourth-order valence-electron chi connectivity index (χ4n) is 2.53. The molecule has 1 unspecified atom stereocenters. The summed E-state index contributed by atoms with van der Waals surface area (Å²) in [7, 11) is 0. The number of nitrogens with two attached hydrogens (primary N) is 1. The first-order valence-corrected chi connectivity index (χ1v) is 6.94. The zero-order valence-electron chi connectivity index (χ0n) is 11.3. The molecule has 5 nitrogen and oxygen atoms in total. The maximum Gasteiger partial charge on any atom is 0.233 e. The summed E-state index contributed by atoms with van der Waals surface area (Å²) in [6.45, 7) is 3.70. The number of likely N-dealkylation sites (tertiary alicyclic amines) is 1. The van der Waals surface area contributed by atoms with Crippen LogP contribution in [0.2, 0.25) is 0 Å². The average molecular weight is 255 g/mol. The van der Waals surface area contributed by atoms with Crippen molar-refractivity contribution in [2.45, 2.75) is 51.9 Å². The Morgan fingerprint density at radius 3 is 2.94 bits per heavy atom. The predicted molar refractivity (Wildman–Crippen MR) is 70.4 cm³/mol. The number of rotatable bonds is 6. The number of carbonyl (C=O) groups excluding carboxylic acids is 2. The molecule has 1 aliphatic rings. The topological polar surface area (TPSA) is 75.4 Å². The first-order chi connectivity index (χ1) is 8.67. The van der Waals surface area contributed by atoms with Crippen molar-refractivity contribution >= 4 is 11.8 Å². The lowest BCUT2D eigenvalue weighted by molar-refractivity contribution is -0.131. The van der Waals surface area contributed by atoms with Crippen molar-refractivity contribution in [3.8, 4) is 0 Å². The van der Waals surface area contributed by atoms with Gasteiger partial charge in [0.1, 0.15) is 0 Å². The normalized spacial score (nSPS) is 20.7. The van der Waals surface area contributed by atoms with Crippen molar-refractivity contribution in [2.24, 2.45) is 11.8 Å². The molecule has 0 bridgehead atoms. The molecular formula is C13H25N3O2. The smallest absolute Gasteiger partial charge is 0.233 e. The van der Waals surface area contributed by atoms with Gasteiger partial charge in [0.05, 0.1) is 0 Å². The Bertz CT molecular complexity index is 281. The third-order valence-electron chi connectivity index (χ3n) is 3.62. The third kappa shape index (κ3) is 5.04. The second-order valence-corrected chi connectivity index (χ2v) is 5.03. The van der Waals surface area contributed by atoms with E-state index in [4.69, 9.17) is 5.84 Å². The molecule has 0 radical (unpaired) electrons. The Kier molecular flexibility index (Phi) is 6.72. The SMILES string of the molecule is CCCC1CCC(=O)N(CCCC(=O)NN)CC1. The molecule has 0 aromatic rings. The van der Waals surface area contributed by atoms with Gasteiger partial charge >= 0.3 is 0 Å². The van der Waals surface area contributed by atoms with E-state index in [0.29, 0.717) is 31.7 Å². The Hall–Kier alpha value is -1.10. The number of hydrogen-bond donors (Lipinski definition) is 2. The van der Waals surface area contributed by atoms with E-state index in [1.807, 2.05) is 4.90 Å². The second kappa shape index (κ2) is 8.08. The van der Waals surface area contributed by atoms with Crippen molar-refractivity contribution in [2.75, 3.05) is 13.1 Å². The van der Waals surface area contributed by atoms with Gasteiger partial charge in [-0.2, -0.15) is 0 Å². The summed E-state index contributed by atoms with van der Waals surface area (Å²) >= 11 is 0. The first kappa shape index (κ1) is 15.0. The number of amides is 2. The Labute approximate surface area is 109 Å². The highest BCUT2D eigenvalue weighted by atomic mass is 16.2. The predicted octanol–water partition coefficient (Wildman–Crippen LogP) is 1.19. The molecule has 2 amide bonds. The van der Waals surface area contributed by atoms with E-state index in [-0.39, 0.29) is 11.8 Å². The molecule has 1 rings (SSSR count). The second-order valence-electron chi connectivity index (χ2n) is 5.03. The van der Waals surface area contributed by atoms with Crippen LogP contribution in [0, 0.1) is 5.92 Å². The zero-order chi connectivity index (χ0) is 13.4. The third-order valence-corrected chi connectivity index (χ3v) is 3.62. The summed E-state index contributed by atoms with van der Waals surface area (Å²) < 4.78 is 0. The van der Waals surface area contributed by atoms with Crippen LogP contribution in [0.4, 0.5) is 0 Å². The molecule has 1 atom stereocenters. The van der Waals surface area contributed by atoms with Crippen LogP contribution in [0.5, 0.6) is 0 Å². The quantitative estimate of drug-likeness (QED) is 0.425. The zero-order valence-corrected chi connectivity index (χ0v) is 11.3. The fraction of sp³-hybridized carbons (Fsp3) is 0.846. The van der Waals surface area contributed by atoms with Gasteiger partial charge in [-0.05, 0) is 25.2 Å². The summed E-state index contributed by atoms with van der Waals surface area (Å²) in [6, 6.07) is 0. The average Bonchev–Trinajstić information content (AvgIpc) is 2.54. The maximum absolute atomic E-state index is 11.9. The molecule has 0 saturated carbocycles. The van der Waals surface area contributed by atoms with Crippen molar-refractivity contribution in [3.63, 3.8) is 0 Å². The number of nitrogens with zero attached hydrogens (tertiary/aromatic N) is 1. The summed E-state index contributed by atoms with van der Waals surface area (Å²) in [4.78, 5) is 24.8. The summed E-state index contributed by atoms with van der Waals surface area (Å²) in [6.07, 6.45) is 6.26. The number of hydrazine groups is 1. The molecule has 1 saturated heterocycles. The van der Waals surface area contributed by atoms with Gasteiger partial charge < -0.3 is 4.90 Å². The highest BCUT2D eigenvalue weighted by molar-refractivity contribution is 5.77. The molecule has 0 aromatic heterocycles. The van der Waals surface area contributed by atoms with Crippen LogP contribution in [0.15, 0.2) is 0 Å². The van der Waals surface area contributed by atoms with Gasteiger partial charge in [-0.25, -0.2) is 5.84 Å². The molecule has 0 spiro atoms. The highest BCUT2D eigenvalue weighted by Gasteiger charge is 2.21. The molecule has 1 aliphatic heterocycles. The standard InChI is InChI=1S/C13H25N3O2/c1-2-4-11-6-7-13(18)16(10-8-11)9-3-5-12(17)15-14/h11H,2-10,14H2,1H3,(H,15,17). The van der Waals surface area contributed by atoms with Crippen LogP contribution in [-0.4, -0.2) is 29.8 Å². The highest BCUT2D eigenvalue weighted by Crippen LogP contribution is 2.22. The van der Waals surface area contributed by atoms with Crippen molar-refractivity contribution in [1.29, 1.82) is 0 Å². The van der Waals surface area contributed by atoms with E-state index in [9.17, 15) is 9.59 Å².